The average molecular weight is 369 g/mol. The quantitative estimate of drug-likeness (QED) is 0.871. The van der Waals surface area contributed by atoms with Crippen LogP contribution in [0.15, 0.2) is 29.3 Å². The lowest BCUT2D eigenvalue weighted by atomic mass is 9.76. The fraction of sp³-hybridized carbons (Fsp3) is 0.438. The molecular weight excluding hydrogens is 352 g/mol. The van der Waals surface area contributed by atoms with Gasteiger partial charge in [0.25, 0.3) is 0 Å². The number of halogens is 1. The van der Waals surface area contributed by atoms with Gasteiger partial charge in [0, 0.05) is 27.7 Å². The minimum atomic E-state index is -3.92. The number of rotatable bonds is 3. The molecule has 1 saturated carbocycles. The zero-order valence-corrected chi connectivity index (χ0v) is 14.4. The van der Waals surface area contributed by atoms with E-state index in [1.165, 1.54) is 10.5 Å². The summed E-state index contributed by atoms with van der Waals surface area (Å²) in [6.45, 7) is 0. The molecule has 1 aromatic heterocycles. The van der Waals surface area contributed by atoms with Gasteiger partial charge in [-0.05, 0) is 50.3 Å². The first kappa shape index (κ1) is 15.9. The molecule has 1 aliphatic heterocycles. The summed E-state index contributed by atoms with van der Waals surface area (Å²) in [7, 11) is -3.92. The largest absolute Gasteiger partial charge is 0.480 e. The first-order chi connectivity index (χ1) is 11.3. The van der Waals surface area contributed by atoms with Gasteiger partial charge in [-0.2, -0.15) is 4.31 Å². The number of hydrogen-bond acceptors (Lipinski definition) is 3. The molecule has 2 N–H and O–H groups in total. The maximum Gasteiger partial charge on any atom is 0.322 e. The molecule has 2 aliphatic rings. The number of aromatic nitrogens is 1. The second-order valence-corrected chi connectivity index (χ2v) is 8.83. The molecule has 0 bridgehead atoms. The van der Waals surface area contributed by atoms with Crippen LogP contribution in [0.1, 0.15) is 32.1 Å². The van der Waals surface area contributed by atoms with E-state index in [0.29, 0.717) is 28.8 Å². The fourth-order valence-electron chi connectivity index (χ4n) is 4.06. The fourth-order valence-corrected chi connectivity index (χ4v) is 6.42. The van der Waals surface area contributed by atoms with E-state index in [-0.39, 0.29) is 4.90 Å². The molecule has 2 heterocycles. The molecule has 2 aromatic rings. The Morgan fingerprint density at radius 2 is 2.08 bits per heavy atom. The van der Waals surface area contributed by atoms with Crippen molar-refractivity contribution >= 4 is 38.5 Å². The number of hydrogen-bond donors (Lipinski definition) is 2. The van der Waals surface area contributed by atoms with Crippen LogP contribution in [0.2, 0.25) is 5.02 Å². The molecule has 4 rings (SSSR count). The number of nitrogens with zero attached hydrogens (tertiary/aromatic N) is 1. The number of sulfonamides is 1. The zero-order chi connectivity index (χ0) is 17.1. The van der Waals surface area contributed by atoms with Crippen molar-refractivity contribution in [3.05, 3.63) is 29.4 Å². The summed E-state index contributed by atoms with van der Waals surface area (Å²) in [5.74, 6) is -1.08. The van der Waals surface area contributed by atoms with Crippen molar-refractivity contribution in [1.82, 2.24) is 9.29 Å². The molecular formula is C16H17ClN2O4S. The first-order valence-corrected chi connectivity index (χ1v) is 9.71. The smallest absolute Gasteiger partial charge is 0.322 e. The van der Waals surface area contributed by atoms with Crippen molar-refractivity contribution in [3.63, 3.8) is 0 Å². The number of carboxylic acids is 1. The van der Waals surface area contributed by atoms with Crippen LogP contribution in [0.5, 0.6) is 0 Å². The number of carbonyl (C=O) groups is 1. The standard InChI is InChI=1S/C16H17ClN2O4S/c17-10-2-3-11-12(8-10)18-9-14(11)24(22,23)19-13(15(20)21)4-7-16(19)5-1-6-16/h2-3,8-9,13,18H,1,4-7H2,(H,20,21). The first-order valence-electron chi connectivity index (χ1n) is 7.89. The van der Waals surface area contributed by atoms with Crippen molar-refractivity contribution in [2.24, 2.45) is 0 Å². The molecule has 2 fully saturated rings. The minimum Gasteiger partial charge on any atom is -0.480 e. The van der Waals surface area contributed by atoms with Crippen molar-refractivity contribution in [1.29, 1.82) is 0 Å². The molecule has 1 aliphatic carbocycles. The Hall–Kier alpha value is -1.57. The van der Waals surface area contributed by atoms with Gasteiger partial charge in [-0.1, -0.05) is 11.6 Å². The summed E-state index contributed by atoms with van der Waals surface area (Å²) < 4.78 is 27.9. The Morgan fingerprint density at radius 3 is 2.71 bits per heavy atom. The lowest BCUT2D eigenvalue weighted by molar-refractivity contribution is -0.141. The Morgan fingerprint density at radius 1 is 1.33 bits per heavy atom. The van der Waals surface area contributed by atoms with Crippen molar-refractivity contribution in [2.45, 2.75) is 48.6 Å². The minimum absolute atomic E-state index is 0.119. The second kappa shape index (κ2) is 5.21. The monoisotopic (exact) mass is 368 g/mol. The number of nitrogens with one attached hydrogen (secondary N) is 1. The van der Waals surface area contributed by atoms with Gasteiger partial charge >= 0.3 is 5.97 Å². The number of carboxylic acid groups (broad SMARTS) is 1. The molecule has 8 heteroatoms. The summed E-state index contributed by atoms with van der Waals surface area (Å²) in [6, 6.07) is 3.95. The predicted octanol–water partition coefficient (Wildman–Crippen LogP) is 2.98. The SMILES string of the molecule is O=C(O)C1CCC2(CCC2)N1S(=O)(=O)c1c[nH]c2cc(Cl)ccc12. The third kappa shape index (κ3) is 2.11. The van der Waals surface area contributed by atoms with E-state index >= 15 is 0 Å². The molecule has 1 unspecified atom stereocenters. The van der Waals surface area contributed by atoms with E-state index in [4.69, 9.17) is 11.6 Å². The number of benzene rings is 1. The zero-order valence-electron chi connectivity index (χ0n) is 12.8. The van der Waals surface area contributed by atoms with Crippen LogP contribution in [-0.2, 0) is 14.8 Å². The van der Waals surface area contributed by atoms with Gasteiger partial charge in [-0.3, -0.25) is 4.79 Å². The van der Waals surface area contributed by atoms with Crippen LogP contribution in [0.25, 0.3) is 10.9 Å². The Labute approximate surface area is 144 Å². The van der Waals surface area contributed by atoms with Crippen molar-refractivity contribution in [2.75, 3.05) is 0 Å². The van der Waals surface area contributed by atoms with E-state index in [9.17, 15) is 18.3 Å². The molecule has 0 radical (unpaired) electrons. The summed E-state index contributed by atoms with van der Waals surface area (Å²) in [5.41, 5.74) is 0.0903. The highest BCUT2D eigenvalue weighted by Gasteiger charge is 2.57. The second-order valence-electron chi connectivity index (χ2n) is 6.61. The number of fused-ring (bicyclic) bond motifs is 1. The van der Waals surface area contributed by atoms with Crippen LogP contribution in [0.3, 0.4) is 0 Å². The number of aliphatic carboxylic acids is 1. The highest BCUT2D eigenvalue weighted by molar-refractivity contribution is 7.89. The molecule has 1 atom stereocenters. The van der Waals surface area contributed by atoms with E-state index in [2.05, 4.69) is 4.98 Å². The molecule has 128 valence electrons. The van der Waals surface area contributed by atoms with E-state index in [1.54, 1.807) is 18.2 Å². The van der Waals surface area contributed by atoms with E-state index in [0.717, 1.165) is 19.3 Å². The summed E-state index contributed by atoms with van der Waals surface area (Å²) in [4.78, 5) is 14.7. The summed E-state index contributed by atoms with van der Waals surface area (Å²) >= 11 is 5.95. The topological polar surface area (TPSA) is 90.5 Å². The number of H-pyrrole nitrogens is 1. The summed E-state index contributed by atoms with van der Waals surface area (Å²) in [6.07, 6.45) is 4.79. The van der Waals surface area contributed by atoms with E-state index < -0.39 is 27.6 Å². The third-order valence-corrected chi connectivity index (χ3v) is 7.63. The average Bonchev–Trinajstić information content (AvgIpc) is 3.08. The molecule has 1 saturated heterocycles. The highest BCUT2D eigenvalue weighted by atomic mass is 35.5. The van der Waals surface area contributed by atoms with Gasteiger partial charge in [-0.25, -0.2) is 8.42 Å². The molecule has 1 spiro atoms. The van der Waals surface area contributed by atoms with Crippen LogP contribution in [0.4, 0.5) is 0 Å². The Balaban J connectivity index is 1.87. The summed E-state index contributed by atoms with van der Waals surface area (Å²) in [5, 5.41) is 10.6. The lowest BCUT2D eigenvalue weighted by Crippen LogP contribution is -2.56. The third-order valence-electron chi connectivity index (χ3n) is 5.35. The van der Waals surface area contributed by atoms with Crippen molar-refractivity contribution in [3.8, 4) is 0 Å². The van der Waals surface area contributed by atoms with Gasteiger partial charge in [0.2, 0.25) is 10.0 Å². The van der Waals surface area contributed by atoms with Gasteiger partial charge < -0.3 is 10.1 Å². The maximum atomic E-state index is 13.3. The van der Waals surface area contributed by atoms with Crippen LogP contribution >= 0.6 is 11.6 Å². The van der Waals surface area contributed by atoms with Crippen molar-refractivity contribution < 1.29 is 18.3 Å². The van der Waals surface area contributed by atoms with Crippen LogP contribution in [-0.4, -0.2) is 40.4 Å². The Bertz CT molecular complexity index is 933. The number of aromatic amines is 1. The van der Waals surface area contributed by atoms with Gasteiger partial charge in [0.15, 0.2) is 0 Å². The van der Waals surface area contributed by atoms with Gasteiger partial charge in [0.05, 0.1) is 0 Å². The molecule has 1 aromatic carbocycles. The lowest BCUT2D eigenvalue weighted by Gasteiger charge is -2.45. The Kier molecular flexibility index (Phi) is 3.46. The normalized spacial score (nSPS) is 23.6. The van der Waals surface area contributed by atoms with E-state index in [1.807, 2.05) is 0 Å². The van der Waals surface area contributed by atoms with Gasteiger partial charge in [-0.15, -0.1) is 0 Å². The molecule has 0 amide bonds. The highest BCUT2D eigenvalue weighted by Crippen LogP contribution is 2.51. The predicted molar refractivity (Wildman–Crippen MR) is 89.6 cm³/mol. The molecule has 24 heavy (non-hydrogen) atoms. The maximum absolute atomic E-state index is 13.3. The molecule has 6 nitrogen and oxygen atoms in total. The van der Waals surface area contributed by atoms with Crippen LogP contribution in [0, 0.1) is 0 Å². The van der Waals surface area contributed by atoms with Crippen LogP contribution < -0.4 is 0 Å². The van der Waals surface area contributed by atoms with Gasteiger partial charge in [0.1, 0.15) is 10.9 Å².